The van der Waals surface area contributed by atoms with Crippen LogP contribution in [-0.2, 0) is 24.8 Å². The molecule has 1 aliphatic rings. The largest absolute Gasteiger partial charge is 0.504 e. The van der Waals surface area contributed by atoms with Crippen LogP contribution in [0.15, 0.2) is 33.7 Å². The Morgan fingerprint density at radius 3 is 2.31 bits per heavy atom. The molecule has 1 heterocycles. The molecule has 2 rings (SSSR count). The number of halogens is 3. The van der Waals surface area contributed by atoms with Gasteiger partial charge < -0.3 is 10.4 Å². The molecule has 0 bridgehead atoms. The van der Waals surface area contributed by atoms with Crippen LogP contribution in [0, 0.1) is 0 Å². The number of nitrogens with one attached hydrogen (secondary N) is 2. The Kier molecular flexibility index (Phi) is 4.72. The number of amides is 1. The van der Waals surface area contributed by atoms with E-state index in [1.807, 2.05) is 5.32 Å². The number of nitrogens with zero attached hydrogens (tertiary/aromatic N) is 1. The van der Waals surface area contributed by atoms with Crippen LogP contribution in [0.4, 0.5) is 18.9 Å². The van der Waals surface area contributed by atoms with Crippen LogP contribution in [0.2, 0.25) is 0 Å². The predicted octanol–water partition coefficient (Wildman–Crippen LogP) is 0.288. The quantitative estimate of drug-likeness (QED) is 0.602. The number of alkyl halides is 3. The van der Waals surface area contributed by atoms with Crippen molar-refractivity contribution in [1.29, 1.82) is 0 Å². The van der Waals surface area contributed by atoms with E-state index in [4.69, 9.17) is 0 Å². The smallest absolute Gasteiger partial charge is 0.431 e. The van der Waals surface area contributed by atoms with E-state index in [9.17, 15) is 39.9 Å². The molecule has 0 aliphatic carbocycles. The molecule has 1 aromatic rings. The molecule has 0 aromatic heterocycles. The van der Waals surface area contributed by atoms with E-state index in [0.717, 1.165) is 36.6 Å². The summed E-state index contributed by atoms with van der Waals surface area (Å²) in [7, 11) is -6.97. The van der Waals surface area contributed by atoms with E-state index in [-0.39, 0.29) is 0 Å². The third-order valence-electron chi connectivity index (χ3n) is 3.22. The fraction of sp³-hybridized carbons (Fsp3) is 0.250. The number of anilines is 1. The number of aromatic hydroxyl groups is 1. The Morgan fingerprint density at radius 1 is 1.23 bits per heavy atom. The summed E-state index contributed by atoms with van der Waals surface area (Å²) < 4.78 is 88.2. The number of carbonyl (C=O) groups is 1. The van der Waals surface area contributed by atoms with Crippen LogP contribution in [0.1, 0.15) is 0 Å². The minimum Gasteiger partial charge on any atom is -0.504 e. The van der Waals surface area contributed by atoms with E-state index in [1.165, 1.54) is 4.72 Å². The number of benzene rings is 1. The van der Waals surface area contributed by atoms with Gasteiger partial charge >= 0.3 is 6.18 Å². The van der Waals surface area contributed by atoms with Crippen molar-refractivity contribution in [1.82, 2.24) is 9.03 Å². The van der Waals surface area contributed by atoms with Crippen LogP contribution in [0.25, 0.3) is 0 Å². The average Bonchev–Trinajstić information content (AvgIpc) is 2.69. The highest BCUT2D eigenvalue weighted by molar-refractivity contribution is 7.94. The average molecular weight is 415 g/mol. The van der Waals surface area contributed by atoms with Gasteiger partial charge in [0.2, 0.25) is 10.0 Å². The molecule has 14 heteroatoms. The molecule has 0 atom stereocenters. The van der Waals surface area contributed by atoms with Crippen LogP contribution >= 0.6 is 0 Å². The fourth-order valence-electron chi connectivity index (χ4n) is 2.03. The Bertz CT molecular complexity index is 1010. The summed E-state index contributed by atoms with van der Waals surface area (Å²) in [5, 5.41) is 11.9. The van der Waals surface area contributed by atoms with E-state index in [1.54, 1.807) is 0 Å². The maximum atomic E-state index is 13.0. The molecule has 1 aliphatic heterocycles. The molecular weight excluding hydrogens is 403 g/mol. The molecule has 3 N–H and O–H groups in total. The Labute approximate surface area is 146 Å². The van der Waals surface area contributed by atoms with Gasteiger partial charge in [0.1, 0.15) is 10.6 Å². The number of sulfonamides is 2. The molecule has 0 radical (unpaired) electrons. The lowest BCUT2D eigenvalue weighted by Crippen LogP contribution is -2.27. The number of phenolic OH excluding ortho intramolecular Hbond substituents is 1. The van der Waals surface area contributed by atoms with Crippen molar-refractivity contribution >= 4 is 31.6 Å². The Balaban J connectivity index is 2.64. The highest BCUT2D eigenvalue weighted by Crippen LogP contribution is 2.38. The van der Waals surface area contributed by atoms with Crippen molar-refractivity contribution in [3.63, 3.8) is 0 Å². The highest BCUT2D eigenvalue weighted by atomic mass is 32.2. The van der Waals surface area contributed by atoms with E-state index in [0.29, 0.717) is 0 Å². The third kappa shape index (κ3) is 3.34. The summed E-state index contributed by atoms with van der Waals surface area (Å²) in [5.41, 5.74) is -1.98. The first kappa shape index (κ1) is 20.0. The van der Waals surface area contributed by atoms with Gasteiger partial charge in [0.25, 0.3) is 15.9 Å². The van der Waals surface area contributed by atoms with Crippen LogP contribution < -0.4 is 10.0 Å². The normalized spacial score (nSPS) is 17.5. The van der Waals surface area contributed by atoms with Crippen LogP contribution in [0.3, 0.4) is 0 Å². The Hall–Kier alpha value is -2.32. The third-order valence-corrected chi connectivity index (χ3v) is 6.50. The van der Waals surface area contributed by atoms with Gasteiger partial charge in [-0.3, -0.25) is 4.79 Å². The zero-order valence-electron chi connectivity index (χ0n) is 13.1. The van der Waals surface area contributed by atoms with Crippen molar-refractivity contribution < 1.29 is 39.9 Å². The number of phenols is 1. The van der Waals surface area contributed by atoms with Crippen molar-refractivity contribution in [2.75, 3.05) is 19.4 Å². The second-order valence-corrected chi connectivity index (χ2v) is 8.94. The van der Waals surface area contributed by atoms with Gasteiger partial charge in [-0.1, -0.05) is 6.07 Å². The summed E-state index contributed by atoms with van der Waals surface area (Å²) >= 11 is 0. The van der Waals surface area contributed by atoms with Gasteiger partial charge in [-0.2, -0.15) is 13.2 Å². The molecule has 0 fully saturated rings. The van der Waals surface area contributed by atoms with Crippen LogP contribution in [0.5, 0.6) is 5.75 Å². The standard InChI is InChI=1S/C12H12F3N3O6S2/c1-18(2)26(23,24)7-5-3-4-6(9(7)19)16-8-10(12(13,14)15)25(21,22)17-11(8)20/h3-5,16,19H,1-2H3,(H,17,20). The number of allylic oxidation sites excluding steroid dienone is 1. The molecule has 144 valence electrons. The van der Waals surface area contributed by atoms with Crippen molar-refractivity contribution in [3.8, 4) is 5.75 Å². The minimum absolute atomic E-state index is 0.600. The number of rotatable bonds is 4. The first-order valence-electron chi connectivity index (χ1n) is 6.59. The highest BCUT2D eigenvalue weighted by Gasteiger charge is 2.52. The van der Waals surface area contributed by atoms with Gasteiger partial charge in [0.05, 0.1) is 5.69 Å². The van der Waals surface area contributed by atoms with E-state index < -0.39 is 59.1 Å². The monoisotopic (exact) mass is 415 g/mol. The van der Waals surface area contributed by atoms with Crippen molar-refractivity contribution in [3.05, 3.63) is 28.8 Å². The maximum absolute atomic E-state index is 13.0. The topological polar surface area (TPSA) is 133 Å². The van der Waals surface area contributed by atoms with Crippen molar-refractivity contribution in [2.45, 2.75) is 11.1 Å². The molecule has 1 amide bonds. The predicted molar refractivity (Wildman–Crippen MR) is 82.7 cm³/mol. The molecule has 9 nitrogen and oxygen atoms in total. The number of hydrogen-bond donors (Lipinski definition) is 3. The molecule has 26 heavy (non-hydrogen) atoms. The molecule has 0 saturated carbocycles. The van der Waals surface area contributed by atoms with Gasteiger partial charge in [0.15, 0.2) is 10.7 Å². The number of carbonyl (C=O) groups excluding carboxylic acids is 1. The first-order valence-corrected chi connectivity index (χ1v) is 9.52. The zero-order valence-corrected chi connectivity index (χ0v) is 14.8. The summed E-state index contributed by atoms with van der Waals surface area (Å²) in [5.74, 6) is -2.58. The van der Waals surface area contributed by atoms with E-state index in [2.05, 4.69) is 0 Å². The first-order chi connectivity index (χ1) is 11.7. The zero-order chi connectivity index (χ0) is 20.1. The lowest BCUT2D eigenvalue weighted by Gasteiger charge is -2.16. The Morgan fingerprint density at radius 2 is 1.81 bits per heavy atom. The summed E-state index contributed by atoms with van der Waals surface area (Å²) in [4.78, 5) is 8.81. The lowest BCUT2D eigenvalue weighted by molar-refractivity contribution is -0.116. The summed E-state index contributed by atoms with van der Waals surface area (Å²) in [6.45, 7) is 0. The minimum atomic E-state index is -5.40. The van der Waals surface area contributed by atoms with Gasteiger partial charge in [-0.05, 0) is 12.1 Å². The number of para-hydroxylation sites is 1. The van der Waals surface area contributed by atoms with Crippen LogP contribution in [-0.4, -0.2) is 52.4 Å². The number of hydrogen-bond acceptors (Lipinski definition) is 7. The van der Waals surface area contributed by atoms with Crippen molar-refractivity contribution in [2.24, 2.45) is 0 Å². The maximum Gasteiger partial charge on any atom is 0.431 e. The van der Waals surface area contributed by atoms with Gasteiger partial charge in [0, 0.05) is 14.1 Å². The second kappa shape index (κ2) is 6.14. The van der Waals surface area contributed by atoms with Gasteiger partial charge in [-0.15, -0.1) is 0 Å². The summed E-state index contributed by atoms with van der Waals surface area (Å²) in [6, 6.07) is 3.05. The fourth-order valence-corrected chi connectivity index (χ4v) is 4.20. The van der Waals surface area contributed by atoms with Gasteiger partial charge in [-0.25, -0.2) is 25.9 Å². The molecule has 0 spiro atoms. The molecule has 0 unspecified atom stereocenters. The summed E-state index contributed by atoms with van der Waals surface area (Å²) in [6.07, 6.45) is -5.40. The van der Waals surface area contributed by atoms with E-state index >= 15 is 0 Å². The molecule has 0 saturated heterocycles. The lowest BCUT2D eigenvalue weighted by atomic mass is 10.2. The SMILES string of the molecule is CN(C)S(=O)(=O)c1cccc(NC2=C(C(F)(F)F)S(=O)(=O)NC2=O)c1O. The second-order valence-electron chi connectivity index (χ2n) is 5.20. The molecule has 1 aromatic carbocycles. The molecular formula is C12H12F3N3O6S2.